The maximum atomic E-state index is 13.0. The molecule has 4 heterocycles. The molecule has 1 unspecified atom stereocenters. The molecule has 3 fully saturated rings. The number of thiophene rings is 1. The molecule has 3 aliphatic rings. The van der Waals surface area contributed by atoms with Crippen LogP contribution in [0.3, 0.4) is 0 Å². The second-order valence-corrected chi connectivity index (χ2v) is 12.2. The Labute approximate surface area is 192 Å². The molecule has 1 aromatic rings. The van der Waals surface area contributed by atoms with Gasteiger partial charge in [-0.25, -0.2) is 8.42 Å². The van der Waals surface area contributed by atoms with Gasteiger partial charge >= 0.3 is 0 Å². The van der Waals surface area contributed by atoms with Crippen molar-refractivity contribution in [3.8, 4) is 0 Å². The minimum absolute atomic E-state index is 0.0302. The van der Waals surface area contributed by atoms with Crippen molar-refractivity contribution in [2.24, 2.45) is 0 Å². The predicted molar refractivity (Wildman–Crippen MR) is 120 cm³/mol. The molecule has 4 rings (SSSR count). The number of rotatable bonds is 5. The summed E-state index contributed by atoms with van der Waals surface area (Å²) in [6, 6.07) is 2.89. The number of piperazine rings is 1. The lowest BCUT2D eigenvalue weighted by molar-refractivity contribution is -0.141. The van der Waals surface area contributed by atoms with Gasteiger partial charge in [0.15, 0.2) is 0 Å². The second-order valence-electron chi connectivity index (χ2n) is 8.36. The van der Waals surface area contributed by atoms with Crippen molar-refractivity contribution in [2.75, 3.05) is 52.4 Å². The van der Waals surface area contributed by atoms with Gasteiger partial charge in [-0.15, -0.1) is 11.3 Å². The summed E-state index contributed by atoms with van der Waals surface area (Å²) < 4.78 is 27.6. The summed E-state index contributed by atoms with van der Waals surface area (Å²) in [6.07, 6.45) is 4.92. The highest BCUT2D eigenvalue weighted by atomic mass is 35.5. The van der Waals surface area contributed by atoms with Crippen molar-refractivity contribution >= 4 is 44.8 Å². The smallest absolute Gasteiger partial charge is 0.252 e. The Balaban J connectivity index is 1.33. The Kier molecular flexibility index (Phi) is 7.22. The quantitative estimate of drug-likeness (QED) is 0.630. The van der Waals surface area contributed by atoms with Crippen molar-refractivity contribution in [3.05, 3.63) is 16.5 Å². The second kappa shape index (κ2) is 9.74. The first-order valence-electron chi connectivity index (χ1n) is 10.9. The average molecular weight is 489 g/mol. The summed E-state index contributed by atoms with van der Waals surface area (Å²) in [6.45, 7) is 3.86. The molecule has 0 radical (unpaired) electrons. The van der Waals surface area contributed by atoms with Crippen LogP contribution >= 0.6 is 22.9 Å². The highest BCUT2D eigenvalue weighted by Crippen LogP contribution is 2.28. The predicted octanol–water partition coefficient (Wildman–Crippen LogP) is 1.71. The van der Waals surface area contributed by atoms with Crippen LogP contribution in [0.5, 0.6) is 0 Å². The molecule has 0 saturated carbocycles. The highest BCUT2D eigenvalue weighted by molar-refractivity contribution is 7.91. The molecule has 0 aliphatic carbocycles. The molecule has 3 aliphatic heterocycles. The normalized spacial score (nSPS) is 24.0. The number of carbonyl (C=O) groups is 2. The molecule has 8 nitrogen and oxygen atoms in total. The van der Waals surface area contributed by atoms with Gasteiger partial charge in [0.25, 0.3) is 10.0 Å². The van der Waals surface area contributed by atoms with Gasteiger partial charge in [0.1, 0.15) is 4.21 Å². The lowest BCUT2D eigenvalue weighted by Gasteiger charge is -2.39. The van der Waals surface area contributed by atoms with Crippen molar-refractivity contribution in [2.45, 2.75) is 42.4 Å². The third-order valence-electron chi connectivity index (χ3n) is 6.39. The molecule has 0 N–H and O–H groups in total. The highest BCUT2D eigenvalue weighted by Gasteiger charge is 2.36. The van der Waals surface area contributed by atoms with Gasteiger partial charge in [-0.05, 0) is 44.4 Å². The van der Waals surface area contributed by atoms with E-state index in [0.29, 0.717) is 17.4 Å². The molecule has 2 amide bonds. The Morgan fingerprint density at radius 1 is 0.935 bits per heavy atom. The lowest BCUT2D eigenvalue weighted by atomic mass is 10.0. The minimum atomic E-state index is -3.58. The Bertz CT molecular complexity index is 908. The van der Waals surface area contributed by atoms with E-state index in [2.05, 4.69) is 0 Å². The average Bonchev–Trinajstić information content (AvgIpc) is 3.46. The van der Waals surface area contributed by atoms with E-state index < -0.39 is 10.0 Å². The van der Waals surface area contributed by atoms with Crippen LogP contribution < -0.4 is 0 Å². The van der Waals surface area contributed by atoms with E-state index in [1.54, 1.807) is 11.0 Å². The third-order valence-corrected chi connectivity index (χ3v) is 9.99. The molecule has 0 aromatic carbocycles. The first-order chi connectivity index (χ1) is 14.9. The van der Waals surface area contributed by atoms with Crippen LogP contribution in [-0.2, 0) is 19.6 Å². The zero-order valence-electron chi connectivity index (χ0n) is 17.5. The van der Waals surface area contributed by atoms with E-state index in [4.69, 9.17) is 11.6 Å². The monoisotopic (exact) mass is 488 g/mol. The van der Waals surface area contributed by atoms with Crippen molar-refractivity contribution in [1.82, 2.24) is 19.0 Å². The fourth-order valence-electron chi connectivity index (χ4n) is 4.62. The number of piperidine rings is 1. The Morgan fingerprint density at radius 2 is 1.61 bits per heavy atom. The fraction of sp³-hybridized carbons (Fsp3) is 0.700. The summed E-state index contributed by atoms with van der Waals surface area (Å²) in [5.74, 6) is 0.132. The zero-order valence-corrected chi connectivity index (χ0v) is 19.9. The largest absolute Gasteiger partial charge is 0.341 e. The van der Waals surface area contributed by atoms with Crippen LogP contribution in [0.25, 0.3) is 0 Å². The van der Waals surface area contributed by atoms with Crippen LogP contribution in [0.1, 0.15) is 32.1 Å². The third kappa shape index (κ3) is 5.08. The first-order valence-corrected chi connectivity index (χ1v) is 13.6. The van der Waals surface area contributed by atoms with E-state index in [0.717, 1.165) is 63.1 Å². The number of amides is 2. The van der Waals surface area contributed by atoms with Crippen molar-refractivity contribution < 1.29 is 18.0 Å². The van der Waals surface area contributed by atoms with E-state index in [1.807, 2.05) is 9.80 Å². The van der Waals surface area contributed by atoms with Gasteiger partial charge in [-0.3, -0.25) is 14.5 Å². The van der Waals surface area contributed by atoms with Crippen molar-refractivity contribution in [1.29, 1.82) is 0 Å². The summed E-state index contributed by atoms with van der Waals surface area (Å²) >= 11 is 6.93. The number of nitrogens with zero attached hydrogens (tertiary/aromatic N) is 4. The number of halogens is 1. The molecule has 0 bridgehead atoms. The summed E-state index contributed by atoms with van der Waals surface area (Å²) in [5, 5.41) is 0. The van der Waals surface area contributed by atoms with Crippen LogP contribution in [0.4, 0.5) is 0 Å². The van der Waals surface area contributed by atoms with Crippen LogP contribution in [-0.4, -0.2) is 97.6 Å². The van der Waals surface area contributed by atoms with Gasteiger partial charge in [-0.1, -0.05) is 18.0 Å². The number of carbonyl (C=O) groups excluding carboxylic acids is 2. The molecule has 1 atom stereocenters. The fourth-order valence-corrected chi connectivity index (χ4v) is 7.68. The topological polar surface area (TPSA) is 81.2 Å². The van der Waals surface area contributed by atoms with Crippen LogP contribution in [0, 0.1) is 0 Å². The number of hydrogen-bond donors (Lipinski definition) is 0. The van der Waals surface area contributed by atoms with E-state index >= 15 is 0 Å². The van der Waals surface area contributed by atoms with Gasteiger partial charge < -0.3 is 9.80 Å². The standard InChI is InChI=1S/C20H29ClN4O4S2/c21-17-6-7-19(30-17)31(28,29)25-13-11-22(12-14-25)18(26)15-24-10-2-1-5-16(24)20(27)23-8-3-4-9-23/h6-7,16H,1-5,8-15H2. The lowest BCUT2D eigenvalue weighted by Crippen LogP contribution is -2.56. The van der Waals surface area contributed by atoms with Crippen LogP contribution in [0.15, 0.2) is 16.3 Å². The molecule has 1 aromatic heterocycles. The molecule has 172 valence electrons. The summed E-state index contributed by atoms with van der Waals surface area (Å²) in [7, 11) is -3.58. The van der Waals surface area contributed by atoms with Gasteiger partial charge in [0.05, 0.1) is 16.9 Å². The maximum absolute atomic E-state index is 13.0. The molecular formula is C20H29ClN4O4S2. The van der Waals surface area contributed by atoms with E-state index in [9.17, 15) is 18.0 Å². The molecular weight excluding hydrogens is 460 g/mol. The first kappa shape index (κ1) is 23.0. The summed E-state index contributed by atoms with van der Waals surface area (Å²) in [4.78, 5) is 31.6. The zero-order chi connectivity index (χ0) is 22.0. The van der Waals surface area contributed by atoms with Gasteiger partial charge in [0, 0.05) is 39.3 Å². The molecule has 3 saturated heterocycles. The number of sulfonamides is 1. The van der Waals surface area contributed by atoms with Gasteiger partial charge in [0.2, 0.25) is 11.8 Å². The Morgan fingerprint density at radius 3 is 2.26 bits per heavy atom. The summed E-state index contributed by atoms with van der Waals surface area (Å²) in [5.41, 5.74) is 0. The maximum Gasteiger partial charge on any atom is 0.252 e. The number of hydrogen-bond acceptors (Lipinski definition) is 6. The Hall–Kier alpha value is -1.20. The molecule has 0 spiro atoms. The van der Waals surface area contributed by atoms with Crippen LogP contribution in [0.2, 0.25) is 4.34 Å². The molecule has 31 heavy (non-hydrogen) atoms. The number of likely N-dealkylation sites (tertiary alicyclic amines) is 2. The molecule has 11 heteroatoms. The minimum Gasteiger partial charge on any atom is -0.341 e. The van der Waals surface area contributed by atoms with E-state index in [1.165, 1.54) is 10.4 Å². The SMILES string of the molecule is O=C(CN1CCCCC1C(=O)N1CCCC1)N1CCN(S(=O)(=O)c2ccc(Cl)s2)CC1. The van der Waals surface area contributed by atoms with Crippen molar-refractivity contribution in [3.63, 3.8) is 0 Å². The van der Waals surface area contributed by atoms with E-state index in [-0.39, 0.29) is 41.7 Å². The van der Waals surface area contributed by atoms with Gasteiger partial charge in [-0.2, -0.15) is 4.31 Å².